The highest BCUT2D eigenvalue weighted by molar-refractivity contribution is 7.89. The smallest absolute Gasteiger partial charge is 0.409 e. The Labute approximate surface area is 230 Å². The van der Waals surface area contributed by atoms with Crippen LogP contribution in [0.3, 0.4) is 0 Å². The number of imidazole rings is 1. The molecule has 0 N–H and O–H groups in total. The van der Waals surface area contributed by atoms with Crippen molar-refractivity contribution in [2.24, 2.45) is 7.05 Å². The summed E-state index contributed by atoms with van der Waals surface area (Å²) in [7, 11) is -2.03. The fourth-order valence-electron chi connectivity index (χ4n) is 6.20. The zero-order valence-electron chi connectivity index (χ0n) is 22.0. The first kappa shape index (κ1) is 27.4. The highest BCUT2D eigenvalue weighted by Crippen LogP contribution is 2.38. The summed E-state index contributed by atoms with van der Waals surface area (Å²) in [4.78, 5) is 22.0. The number of nitrogens with zero attached hydrogens (tertiary/aromatic N) is 5. The van der Waals surface area contributed by atoms with Crippen LogP contribution in [0, 0.1) is 0 Å². The lowest BCUT2D eigenvalue weighted by molar-refractivity contribution is 0.0440. The van der Waals surface area contributed by atoms with E-state index < -0.39 is 22.1 Å². The third-order valence-electron chi connectivity index (χ3n) is 8.26. The van der Waals surface area contributed by atoms with E-state index in [0.717, 1.165) is 32.4 Å². The van der Waals surface area contributed by atoms with E-state index in [0.29, 0.717) is 42.8 Å². The van der Waals surface area contributed by atoms with Gasteiger partial charge in [-0.15, -0.1) is 0 Å². The number of ether oxygens (including phenoxy) is 1. The molecular formula is C27H38ClN5O4S. The van der Waals surface area contributed by atoms with Crippen molar-refractivity contribution in [3.05, 3.63) is 47.5 Å². The number of amides is 1. The summed E-state index contributed by atoms with van der Waals surface area (Å²) in [5.41, 5.74) is 0. The summed E-state index contributed by atoms with van der Waals surface area (Å²) in [6.07, 6.45) is 11.0. The van der Waals surface area contributed by atoms with Crippen LogP contribution >= 0.6 is 11.6 Å². The number of hydrogen-bond acceptors (Lipinski definition) is 6. The normalized spacial score (nSPS) is 24.4. The monoisotopic (exact) mass is 563 g/mol. The van der Waals surface area contributed by atoms with E-state index in [9.17, 15) is 13.2 Å². The summed E-state index contributed by atoms with van der Waals surface area (Å²) in [5, 5.41) is 0.470. The maximum Gasteiger partial charge on any atom is 0.409 e. The van der Waals surface area contributed by atoms with Crippen LogP contribution in [-0.4, -0.2) is 83.0 Å². The predicted octanol–water partition coefficient (Wildman–Crippen LogP) is 4.44. The second kappa shape index (κ2) is 11.9. The van der Waals surface area contributed by atoms with Crippen molar-refractivity contribution in [3.8, 4) is 0 Å². The maximum absolute atomic E-state index is 13.9. The van der Waals surface area contributed by atoms with Gasteiger partial charge < -0.3 is 19.1 Å². The van der Waals surface area contributed by atoms with Crippen molar-refractivity contribution < 1.29 is 17.9 Å². The maximum atomic E-state index is 13.9. The molecule has 38 heavy (non-hydrogen) atoms. The number of carbonyl (C=O) groups is 1. The number of benzene rings is 1. The molecule has 1 aromatic carbocycles. The Bertz CT molecular complexity index is 1190. The molecule has 2 unspecified atom stereocenters. The lowest BCUT2D eigenvalue weighted by atomic mass is 9.98. The van der Waals surface area contributed by atoms with Gasteiger partial charge in [-0.05, 0) is 82.3 Å². The van der Waals surface area contributed by atoms with Crippen LogP contribution in [0.4, 0.5) is 4.79 Å². The minimum atomic E-state index is -3.90. The molecule has 2 atom stereocenters. The molecule has 3 fully saturated rings. The van der Waals surface area contributed by atoms with Crippen molar-refractivity contribution in [2.75, 3.05) is 32.8 Å². The molecule has 3 aliphatic heterocycles. The minimum Gasteiger partial charge on any atom is -0.448 e. The van der Waals surface area contributed by atoms with Crippen LogP contribution in [0.15, 0.2) is 41.6 Å². The third-order valence-corrected chi connectivity index (χ3v) is 10.5. The first-order valence-electron chi connectivity index (χ1n) is 13.8. The topological polar surface area (TPSA) is 88.0 Å². The molecule has 9 nitrogen and oxygen atoms in total. The molecule has 0 spiro atoms. The van der Waals surface area contributed by atoms with Crippen LogP contribution in [-0.2, 0) is 21.8 Å². The Hall–Kier alpha value is -2.14. The molecule has 0 radical (unpaired) electrons. The first-order chi connectivity index (χ1) is 18.3. The van der Waals surface area contributed by atoms with E-state index in [-0.39, 0.29) is 17.6 Å². The number of aromatic nitrogens is 2. The Balaban J connectivity index is 1.28. The summed E-state index contributed by atoms with van der Waals surface area (Å²) in [6.45, 7) is 3.68. The van der Waals surface area contributed by atoms with Gasteiger partial charge in [-0.25, -0.2) is 18.2 Å². The molecule has 2 aromatic rings. The molecule has 0 aliphatic carbocycles. The number of piperidine rings is 3. The summed E-state index contributed by atoms with van der Waals surface area (Å²) in [5.74, 6) is 0.679. The molecule has 208 valence electrons. The number of halogens is 1. The van der Waals surface area contributed by atoms with Crippen molar-refractivity contribution in [1.82, 2.24) is 23.7 Å². The van der Waals surface area contributed by atoms with E-state index in [4.69, 9.17) is 16.3 Å². The van der Waals surface area contributed by atoms with Crippen molar-refractivity contribution in [1.29, 1.82) is 0 Å². The number of likely N-dealkylation sites (tertiary alicyclic amines) is 2. The second-order valence-electron chi connectivity index (χ2n) is 10.7. The van der Waals surface area contributed by atoms with Gasteiger partial charge in [0, 0.05) is 43.6 Å². The van der Waals surface area contributed by atoms with Gasteiger partial charge in [0.25, 0.3) is 0 Å². The SMILES string of the molecule is Cn1ccnc1C1CCCC(COC(=O)N2CCC(N3CCCCC3)CC2)N1S(=O)(=O)c1ccc(Cl)cc1. The van der Waals surface area contributed by atoms with E-state index in [1.54, 1.807) is 23.2 Å². The van der Waals surface area contributed by atoms with Crippen LogP contribution in [0.25, 0.3) is 0 Å². The minimum absolute atomic E-state index is 0.0125. The van der Waals surface area contributed by atoms with E-state index >= 15 is 0 Å². The molecule has 0 saturated carbocycles. The van der Waals surface area contributed by atoms with Gasteiger partial charge in [-0.2, -0.15) is 4.31 Å². The van der Waals surface area contributed by atoms with E-state index in [1.807, 2.05) is 17.8 Å². The lowest BCUT2D eigenvalue weighted by Crippen LogP contribution is -2.50. The largest absolute Gasteiger partial charge is 0.448 e. The van der Waals surface area contributed by atoms with Crippen molar-refractivity contribution >= 4 is 27.7 Å². The molecule has 11 heteroatoms. The average molecular weight is 564 g/mol. The zero-order chi connectivity index (χ0) is 26.7. The predicted molar refractivity (Wildman–Crippen MR) is 145 cm³/mol. The molecular weight excluding hydrogens is 526 g/mol. The molecule has 4 heterocycles. The summed E-state index contributed by atoms with van der Waals surface area (Å²) < 4.78 is 37.1. The van der Waals surface area contributed by atoms with E-state index in [1.165, 1.54) is 35.7 Å². The van der Waals surface area contributed by atoms with Gasteiger partial charge in [0.05, 0.1) is 17.0 Å². The number of sulfonamides is 1. The van der Waals surface area contributed by atoms with Gasteiger partial charge >= 0.3 is 6.09 Å². The van der Waals surface area contributed by atoms with Gasteiger partial charge in [-0.1, -0.05) is 18.0 Å². The average Bonchev–Trinajstić information content (AvgIpc) is 3.38. The quantitative estimate of drug-likeness (QED) is 0.516. The summed E-state index contributed by atoms with van der Waals surface area (Å²) >= 11 is 6.03. The Morgan fingerprint density at radius 2 is 1.71 bits per heavy atom. The fraction of sp³-hybridized carbons (Fsp3) is 0.630. The van der Waals surface area contributed by atoms with Gasteiger partial charge in [-0.3, -0.25) is 0 Å². The van der Waals surface area contributed by atoms with Gasteiger partial charge in [0.2, 0.25) is 10.0 Å². The number of carbonyl (C=O) groups excluding carboxylic acids is 1. The molecule has 1 amide bonds. The standard InChI is InChI=1S/C27H38ClN5O4S/c1-30-19-14-29-26(30)25-7-5-6-23(33(25)38(35,36)24-10-8-21(28)9-11-24)20-37-27(34)32-17-12-22(13-18-32)31-15-3-2-4-16-31/h8-11,14,19,22-23,25H,2-7,12-13,15-18,20H2,1H3. The zero-order valence-corrected chi connectivity index (χ0v) is 23.6. The highest BCUT2D eigenvalue weighted by Gasteiger charge is 2.43. The number of hydrogen-bond donors (Lipinski definition) is 0. The number of rotatable bonds is 6. The van der Waals surface area contributed by atoms with Crippen LogP contribution in [0.1, 0.15) is 63.2 Å². The van der Waals surface area contributed by atoms with Crippen molar-refractivity contribution in [2.45, 2.75) is 74.4 Å². The Morgan fingerprint density at radius 3 is 2.37 bits per heavy atom. The molecule has 3 aliphatic rings. The van der Waals surface area contributed by atoms with Crippen LogP contribution < -0.4 is 0 Å². The van der Waals surface area contributed by atoms with E-state index in [2.05, 4.69) is 9.88 Å². The molecule has 5 rings (SSSR count). The fourth-order valence-corrected chi connectivity index (χ4v) is 8.14. The Kier molecular flexibility index (Phi) is 8.62. The van der Waals surface area contributed by atoms with Crippen LogP contribution in [0.2, 0.25) is 5.02 Å². The van der Waals surface area contributed by atoms with Gasteiger partial charge in [0.15, 0.2) is 0 Å². The first-order valence-corrected chi connectivity index (χ1v) is 15.6. The van der Waals surface area contributed by atoms with Gasteiger partial charge in [0.1, 0.15) is 12.4 Å². The summed E-state index contributed by atoms with van der Waals surface area (Å²) in [6, 6.07) is 5.81. The van der Waals surface area contributed by atoms with Crippen molar-refractivity contribution in [3.63, 3.8) is 0 Å². The molecule has 1 aromatic heterocycles. The number of aryl methyl sites for hydroxylation is 1. The second-order valence-corrected chi connectivity index (χ2v) is 13.0. The Morgan fingerprint density at radius 1 is 1.00 bits per heavy atom. The third kappa shape index (κ3) is 5.88. The highest BCUT2D eigenvalue weighted by atomic mass is 35.5. The van der Waals surface area contributed by atoms with Crippen LogP contribution in [0.5, 0.6) is 0 Å². The lowest BCUT2D eigenvalue weighted by Gasteiger charge is -2.41. The molecule has 0 bridgehead atoms. The molecule has 3 saturated heterocycles.